The fourth-order valence-electron chi connectivity index (χ4n) is 4.98. The zero-order valence-corrected chi connectivity index (χ0v) is 22.0. The number of aromatic nitrogens is 2. The lowest BCUT2D eigenvalue weighted by atomic mass is 9.98. The van der Waals surface area contributed by atoms with E-state index in [1.807, 2.05) is 28.0 Å². The lowest BCUT2D eigenvalue weighted by Gasteiger charge is -2.39. The van der Waals surface area contributed by atoms with Crippen LogP contribution in [-0.4, -0.2) is 71.0 Å². The fraction of sp³-hybridized carbons (Fsp3) is 0.407. The molecule has 1 aromatic carbocycles. The molecule has 2 aromatic heterocycles. The van der Waals surface area contributed by atoms with Gasteiger partial charge in [0.15, 0.2) is 0 Å². The molecule has 2 fully saturated rings. The number of rotatable bonds is 5. The number of hydrogen-bond donors (Lipinski definition) is 1. The molecule has 12 heteroatoms. The van der Waals surface area contributed by atoms with Gasteiger partial charge in [0.1, 0.15) is 11.5 Å². The van der Waals surface area contributed by atoms with Crippen molar-refractivity contribution in [2.45, 2.75) is 31.5 Å². The molecule has 0 atom stereocenters. The Hall–Kier alpha value is -3.67. The van der Waals surface area contributed by atoms with Crippen LogP contribution >= 0.6 is 11.3 Å². The number of piperidine rings is 1. The zero-order valence-electron chi connectivity index (χ0n) is 21.2. The predicted octanol–water partition coefficient (Wildman–Crippen LogP) is 4.61. The number of carbonyl (C=O) groups is 2. The Morgan fingerprint density at radius 2 is 1.64 bits per heavy atom. The van der Waals surface area contributed by atoms with Gasteiger partial charge < -0.3 is 20.0 Å². The third-order valence-corrected chi connectivity index (χ3v) is 8.16. The number of likely N-dealkylation sites (tertiary alicyclic amines) is 1. The molecule has 0 aliphatic carbocycles. The first-order valence-corrected chi connectivity index (χ1v) is 13.8. The Balaban J connectivity index is 1.10. The molecule has 1 N–H and O–H groups in total. The number of urea groups is 1. The summed E-state index contributed by atoms with van der Waals surface area (Å²) in [5.41, 5.74) is -0.562. The maximum absolute atomic E-state index is 13.2. The second-order valence-electron chi connectivity index (χ2n) is 9.61. The highest BCUT2D eigenvalue weighted by Gasteiger charge is 2.33. The summed E-state index contributed by atoms with van der Waals surface area (Å²) in [5, 5.41) is 5.01. The standard InChI is InChI=1S/C27H29F3N6O2S/c28-27(29,30)21-6-2-1-5-20(21)17-32-24(37)22-18-39-25(33-22)19-8-11-35(12-9-19)26(38)36-15-13-34(14-16-36)23-7-3-4-10-31-23/h1-7,10,18-19H,8-9,11-17H2,(H,32,37). The molecule has 206 valence electrons. The number of hydrogen-bond acceptors (Lipinski definition) is 6. The minimum atomic E-state index is -4.49. The Morgan fingerprint density at radius 3 is 2.33 bits per heavy atom. The molecule has 5 rings (SSSR count). The SMILES string of the molecule is O=C(NCc1ccccc1C(F)(F)F)c1csc(C2CCN(C(=O)N3CCN(c4ccccn4)CC3)CC2)n1. The smallest absolute Gasteiger partial charge is 0.353 e. The van der Waals surface area contributed by atoms with Gasteiger partial charge in [0.05, 0.1) is 10.6 Å². The zero-order chi connectivity index (χ0) is 27.4. The molecule has 2 aliphatic rings. The van der Waals surface area contributed by atoms with E-state index in [-0.39, 0.29) is 29.8 Å². The van der Waals surface area contributed by atoms with Gasteiger partial charge in [0, 0.05) is 63.3 Å². The van der Waals surface area contributed by atoms with E-state index in [0.717, 1.165) is 42.8 Å². The lowest BCUT2D eigenvalue weighted by molar-refractivity contribution is -0.138. The highest BCUT2D eigenvalue weighted by molar-refractivity contribution is 7.09. The van der Waals surface area contributed by atoms with Crippen molar-refractivity contribution in [2.24, 2.45) is 0 Å². The van der Waals surface area contributed by atoms with Crippen molar-refractivity contribution in [3.8, 4) is 0 Å². The van der Waals surface area contributed by atoms with E-state index >= 15 is 0 Å². The number of piperazine rings is 1. The summed E-state index contributed by atoms with van der Waals surface area (Å²) in [4.78, 5) is 40.5. The molecule has 2 aliphatic heterocycles. The van der Waals surface area contributed by atoms with Gasteiger partial charge >= 0.3 is 12.2 Å². The van der Waals surface area contributed by atoms with Crippen LogP contribution in [0.2, 0.25) is 0 Å². The van der Waals surface area contributed by atoms with Crippen LogP contribution in [0.15, 0.2) is 54.0 Å². The molecule has 0 saturated carbocycles. The van der Waals surface area contributed by atoms with Crippen LogP contribution in [0.4, 0.5) is 23.8 Å². The van der Waals surface area contributed by atoms with Crippen LogP contribution in [-0.2, 0) is 12.7 Å². The molecule has 0 bridgehead atoms. The van der Waals surface area contributed by atoms with Crippen LogP contribution in [0.1, 0.15) is 45.4 Å². The van der Waals surface area contributed by atoms with Crippen molar-refractivity contribution < 1.29 is 22.8 Å². The molecular formula is C27H29F3N6O2S. The van der Waals surface area contributed by atoms with E-state index in [0.29, 0.717) is 26.2 Å². The average molecular weight is 559 g/mol. The molecule has 0 spiro atoms. The lowest BCUT2D eigenvalue weighted by Crippen LogP contribution is -2.54. The van der Waals surface area contributed by atoms with Crippen molar-refractivity contribution in [1.82, 2.24) is 25.1 Å². The number of nitrogens with zero attached hydrogens (tertiary/aromatic N) is 5. The van der Waals surface area contributed by atoms with Gasteiger partial charge in [-0.2, -0.15) is 13.2 Å². The highest BCUT2D eigenvalue weighted by atomic mass is 32.1. The Labute approximate surface area is 228 Å². The molecule has 2 saturated heterocycles. The number of amides is 3. The second-order valence-corrected chi connectivity index (χ2v) is 10.5. The number of halogens is 3. The highest BCUT2D eigenvalue weighted by Crippen LogP contribution is 2.33. The van der Waals surface area contributed by atoms with Crippen LogP contribution in [0, 0.1) is 0 Å². The van der Waals surface area contributed by atoms with Gasteiger partial charge in [-0.15, -0.1) is 11.3 Å². The number of anilines is 1. The van der Waals surface area contributed by atoms with Crippen LogP contribution in [0.5, 0.6) is 0 Å². The first-order valence-electron chi connectivity index (χ1n) is 12.9. The van der Waals surface area contributed by atoms with Gasteiger partial charge in [0.25, 0.3) is 5.91 Å². The molecule has 8 nitrogen and oxygen atoms in total. The topological polar surface area (TPSA) is 81.7 Å². The summed E-state index contributed by atoms with van der Waals surface area (Å²) in [6, 6.07) is 11.1. The van der Waals surface area contributed by atoms with Gasteiger partial charge in [-0.3, -0.25) is 4.79 Å². The van der Waals surface area contributed by atoms with Gasteiger partial charge in [-0.1, -0.05) is 24.3 Å². The molecular weight excluding hydrogens is 529 g/mol. The fourth-order valence-corrected chi connectivity index (χ4v) is 5.95. The van der Waals surface area contributed by atoms with Crippen molar-refractivity contribution in [2.75, 3.05) is 44.2 Å². The number of thiazole rings is 1. The predicted molar refractivity (Wildman–Crippen MR) is 142 cm³/mol. The number of pyridine rings is 1. The second kappa shape index (κ2) is 11.6. The quantitative estimate of drug-likeness (QED) is 0.495. The summed E-state index contributed by atoms with van der Waals surface area (Å²) >= 11 is 1.37. The number of benzene rings is 1. The van der Waals surface area contributed by atoms with Crippen LogP contribution in [0.3, 0.4) is 0 Å². The van der Waals surface area contributed by atoms with E-state index in [2.05, 4.69) is 20.2 Å². The largest absolute Gasteiger partial charge is 0.416 e. The maximum atomic E-state index is 13.2. The average Bonchev–Trinajstić information content (AvgIpc) is 3.46. The summed E-state index contributed by atoms with van der Waals surface area (Å²) in [7, 11) is 0. The Kier molecular flexibility index (Phi) is 8.01. The van der Waals surface area contributed by atoms with Crippen molar-refractivity contribution in [3.05, 3.63) is 75.9 Å². The van der Waals surface area contributed by atoms with Gasteiger partial charge in [0.2, 0.25) is 0 Å². The summed E-state index contributed by atoms with van der Waals surface area (Å²) < 4.78 is 39.6. The maximum Gasteiger partial charge on any atom is 0.416 e. The number of alkyl halides is 3. The monoisotopic (exact) mass is 558 g/mol. The van der Waals surface area contributed by atoms with Crippen molar-refractivity contribution >= 4 is 29.1 Å². The Morgan fingerprint density at radius 1 is 0.949 bits per heavy atom. The molecule has 0 unspecified atom stereocenters. The van der Waals surface area contributed by atoms with Crippen LogP contribution in [0.25, 0.3) is 0 Å². The van der Waals surface area contributed by atoms with Crippen molar-refractivity contribution in [1.29, 1.82) is 0 Å². The van der Waals surface area contributed by atoms with E-state index in [1.54, 1.807) is 11.6 Å². The number of carbonyl (C=O) groups excluding carboxylic acids is 2. The minimum Gasteiger partial charge on any atom is -0.353 e. The van der Waals surface area contributed by atoms with E-state index < -0.39 is 17.6 Å². The third-order valence-electron chi connectivity index (χ3n) is 7.15. The third kappa shape index (κ3) is 6.32. The van der Waals surface area contributed by atoms with Crippen molar-refractivity contribution in [3.63, 3.8) is 0 Å². The first-order chi connectivity index (χ1) is 18.8. The number of nitrogens with one attached hydrogen (secondary N) is 1. The normalized spacial score (nSPS) is 16.8. The summed E-state index contributed by atoms with van der Waals surface area (Å²) in [6.45, 7) is 3.76. The molecule has 39 heavy (non-hydrogen) atoms. The molecule has 3 amide bonds. The minimum absolute atomic E-state index is 0.00369. The van der Waals surface area contributed by atoms with E-state index in [1.165, 1.54) is 29.5 Å². The summed E-state index contributed by atoms with van der Waals surface area (Å²) in [5.74, 6) is 0.549. The van der Waals surface area contributed by atoms with Gasteiger partial charge in [-0.25, -0.2) is 14.8 Å². The van der Waals surface area contributed by atoms with Gasteiger partial charge in [-0.05, 0) is 36.6 Å². The van der Waals surface area contributed by atoms with E-state index in [9.17, 15) is 22.8 Å². The molecule has 3 aromatic rings. The molecule has 0 radical (unpaired) electrons. The first kappa shape index (κ1) is 26.9. The van der Waals surface area contributed by atoms with E-state index in [4.69, 9.17) is 0 Å². The molecule has 4 heterocycles. The summed E-state index contributed by atoms with van der Waals surface area (Å²) in [6.07, 6.45) is -1.23. The van der Waals surface area contributed by atoms with Crippen LogP contribution < -0.4 is 10.2 Å². The Bertz CT molecular complexity index is 1290.